The van der Waals surface area contributed by atoms with Crippen LogP contribution in [0.3, 0.4) is 0 Å². The van der Waals surface area contributed by atoms with Crippen molar-refractivity contribution in [2.45, 2.75) is 44.2 Å². The number of rotatable bonds is 7. The van der Waals surface area contributed by atoms with Crippen molar-refractivity contribution in [1.82, 2.24) is 25.5 Å². The van der Waals surface area contributed by atoms with Crippen LogP contribution in [0, 0.1) is 11.8 Å². The Balaban J connectivity index is 1.51. The molecule has 6 nitrogen and oxygen atoms in total. The van der Waals surface area contributed by atoms with E-state index in [1.807, 2.05) is 30.3 Å². The summed E-state index contributed by atoms with van der Waals surface area (Å²) in [5.74, 6) is 1.39. The molecule has 1 aromatic heterocycles. The third-order valence-corrected chi connectivity index (χ3v) is 4.83. The van der Waals surface area contributed by atoms with Gasteiger partial charge in [0.15, 0.2) is 0 Å². The Morgan fingerprint density at radius 3 is 2.43 bits per heavy atom. The summed E-state index contributed by atoms with van der Waals surface area (Å²) in [7, 11) is 0. The first-order valence-electron chi connectivity index (χ1n) is 8.38. The molecule has 1 N–H and O–H groups in total. The van der Waals surface area contributed by atoms with Crippen LogP contribution in [0.15, 0.2) is 36.7 Å². The minimum absolute atomic E-state index is 0.0324. The third kappa shape index (κ3) is 3.41. The van der Waals surface area contributed by atoms with E-state index in [1.165, 1.54) is 32.0 Å². The molecule has 120 valence electrons. The molecule has 0 bridgehead atoms. The molecule has 1 heterocycles. The van der Waals surface area contributed by atoms with Gasteiger partial charge in [0.05, 0.1) is 0 Å². The van der Waals surface area contributed by atoms with Crippen molar-refractivity contribution >= 4 is 5.91 Å². The van der Waals surface area contributed by atoms with E-state index < -0.39 is 6.04 Å². The molecule has 4 rings (SSSR count). The predicted molar refractivity (Wildman–Crippen MR) is 84.4 cm³/mol. The summed E-state index contributed by atoms with van der Waals surface area (Å²) >= 11 is 0. The van der Waals surface area contributed by atoms with Crippen molar-refractivity contribution in [2.75, 3.05) is 0 Å². The van der Waals surface area contributed by atoms with E-state index in [0.717, 1.165) is 5.56 Å². The molecule has 1 amide bonds. The molecule has 2 aliphatic carbocycles. The van der Waals surface area contributed by atoms with Crippen LogP contribution in [0.5, 0.6) is 0 Å². The van der Waals surface area contributed by atoms with Crippen LogP contribution in [-0.4, -0.2) is 32.2 Å². The number of hydrogen-bond donors (Lipinski definition) is 1. The number of carbonyl (C=O) groups excluding carboxylic acids is 1. The SMILES string of the molecule is O=C(NC(C1CC1)C1CC1)[C@H](Cc1ccccc1)n1cnnn1. The monoisotopic (exact) mass is 311 g/mol. The lowest BCUT2D eigenvalue weighted by atomic mass is 10.0. The molecule has 2 aromatic rings. The van der Waals surface area contributed by atoms with Crippen molar-refractivity contribution in [1.29, 1.82) is 0 Å². The molecule has 0 spiro atoms. The van der Waals surface area contributed by atoms with Crippen LogP contribution in [0.1, 0.15) is 37.3 Å². The number of nitrogens with one attached hydrogen (secondary N) is 1. The number of benzene rings is 1. The summed E-state index contributed by atoms with van der Waals surface area (Å²) in [6.07, 6.45) is 7.10. The Kier molecular flexibility index (Phi) is 3.81. The third-order valence-electron chi connectivity index (χ3n) is 4.83. The molecule has 1 aromatic carbocycles. The van der Waals surface area contributed by atoms with Crippen molar-refractivity contribution in [3.8, 4) is 0 Å². The van der Waals surface area contributed by atoms with Crippen molar-refractivity contribution < 1.29 is 4.79 Å². The van der Waals surface area contributed by atoms with E-state index in [2.05, 4.69) is 20.8 Å². The molecular formula is C17H21N5O. The average molecular weight is 311 g/mol. The molecule has 0 aliphatic heterocycles. The van der Waals surface area contributed by atoms with Crippen LogP contribution in [0.4, 0.5) is 0 Å². The lowest BCUT2D eigenvalue weighted by molar-refractivity contribution is -0.125. The normalized spacial score (nSPS) is 18.8. The maximum atomic E-state index is 12.9. The summed E-state index contributed by atoms with van der Waals surface area (Å²) in [5.41, 5.74) is 1.11. The fourth-order valence-corrected chi connectivity index (χ4v) is 3.25. The van der Waals surface area contributed by atoms with E-state index in [0.29, 0.717) is 24.3 Å². The van der Waals surface area contributed by atoms with Gasteiger partial charge in [-0.05, 0) is 53.5 Å². The van der Waals surface area contributed by atoms with Gasteiger partial charge in [-0.2, -0.15) is 0 Å². The van der Waals surface area contributed by atoms with Gasteiger partial charge in [-0.25, -0.2) is 4.68 Å². The zero-order valence-electron chi connectivity index (χ0n) is 13.0. The molecule has 2 fully saturated rings. The molecule has 2 saturated carbocycles. The van der Waals surface area contributed by atoms with Crippen molar-refractivity contribution in [3.05, 3.63) is 42.2 Å². The number of hydrogen-bond acceptors (Lipinski definition) is 4. The first kappa shape index (κ1) is 14.4. The second-order valence-electron chi connectivity index (χ2n) is 6.70. The van der Waals surface area contributed by atoms with E-state index in [1.54, 1.807) is 4.68 Å². The minimum atomic E-state index is -0.396. The molecule has 0 radical (unpaired) electrons. The number of aromatic nitrogens is 4. The maximum Gasteiger partial charge on any atom is 0.245 e. The van der Waals surface area contributed by atoms with Gasteiger partial charge in [-0.15, -0.1) is 5.10 Å². The van der Waals surface area contributed by atoms with Gasteiger partial charge >= 0.3 is 0 Å². The maximum absolute atomic E-state index is 12.9. The molecule has 6 heteroatoms. The Labute approximate surface area is 135 Å². The number of amides is 1. The highest BCUT2D eigenvalue weighted by Gasteiger charge is 2.43. The number of carbonyl (C=O) groups is 1. The standard InChI is InChI=1S/C17H21N5O/c23-17(19-16(13-6-7-13)14-8-9-14)15(22-11-18-20-21-22)10-12-4-2-1-3-5-12/h1-5,11,13-16H,6-10H2,(H,19,23)/t15-/m0/s1. The van der Waals surface area contributed by atoms with Crippen molar-refractivity contribution in [3.63, 3.8) is 0 Å². The Morgan fingerprint density at radius 2 is 1.87 bits per heavy atom. The molecule has 0 saturated heterocycles. The van der Waals surface area contributed by atoms with E-state index in [9.17, 15) is 4.79 Å². The fraction of sp³-hybridized carbons (Fsp3) is 0.529. The topological polar surface area (TPSA) is 72.7 Å². The van der Waals surface area contributed by atoms with Crippen LogP contribution in [0.25, 0.3) is 0 Å². The van der Waals surface area contributed by atoms with Gasteiger partial charge in [0.2, 0.25) is 5.91 Å². The summed E-state index contributed by atoms with van der Waals surface area (Å²) in [6, 6.07) is 9.96. The summed E-state index contributed by atoms with van der Waals surface area (Å²) < 4.78 is 1.57. The zero-order valence-corrected chi connectivity index (χ0v) is 13.0. The van der Waals surface area contributed by atoms with Crippen molar-refractivity contribution in [2.24, 2.45) is 11.8 Å². The van der Waals surface area contributed by atoms with Gasteiger partial charge in [0, 0.05) is 12.5 Å². The molecule has 23 heavy (non-hydrogen) atoms. The fourth-order valence-electron chi connectivity index (χ4n) is 3.25. The molecule has 0 unspecified atom stereocenters. The highest BCUT2D eigenvalue weighted by Crippen LogP contribution is 2.44. The average Bonchev–Trinajstić information content (AvgIpc) is 3.51. The Bertz CT molecular complexity index is 637. The summed E-state index contributed by atoms with van der Waals surface area (Å²) in [4.78, 5) is 12.9. The highest BCUT2D eigenvalue weighted by atomic mass is 16.2. The van der Waals surface area contributed by atoms with Crippen LogP contribution >= 0.6 is 0 Å². The van der Waals surface area contributed by atoms with Crippen LogP contribution in [-0.2, 0) is 11.2 Å². The summed E-state index contributed by atoms with van der Waals surface area (Å²) in [5, 5.41) is 14.6. The number of tetrazole rings is 1. The van der Waals surface area contributed by atoms with Gasteiger partial charge in [0.25, 0.3) is 0 Å². The van der Waals surface area contributed by atoms with E-state index >= 15 is 0 Å². The zero-order chi connectivity index (χ0) is 15.6. The van der Waals surface area contributed by atoms with E-state index in [4.69, 9.17) is 0 Å². The Hall–Kier alpha value is -2.24. The second kappa shape index (κ2) is 6.10. The lowest BCUT2D eigenvalue weighted by Crippen LogP contribution is -2.43. The molecule has 1 atom stereocenters. The lowest BCUT2D eigenvalue weighted by Gasteiger charge is -2.22. The van der Waals surface area contributed by atoms with Crippen LogP contribution < -0.4 is 5.32 Å². The predicted octanol–water partition coefficient (Wildman–Crippen LogP) is 1.76. The number of nitrogens with zero attached hydrogens (tertiary/aromatic N) is 4. The largest absolute Gasteiger partial charge is 0.351 e. The van der Waals surface area contributed by atoms with Gasteiger partial charge in [0.1, 0.15) is 12.4 Å². The smallest absolute Gasteiger partial charge is 0.245 e. The van der Waals surface area contributed by atoms with Gasteiger partial charge in [-0.1, -0.05) is 30.3 Å². The summed E-state index contributed by atoms with van der Waals surface area (Å²) in [6.45, 7) is 0. The van der Waals surface area contributed by atoms with Gasteiger partial charge < -0.3 is 5.32 Å². The van der Waals surface area contributed by atoms with E-state index in [-0.39, 0.29) is 5.91 Å². The molecular weight excluding hydrogens is 290 g/mol. The molecule has 2 aliphatic rings. The first-order chi connectivity index (χ1) is 11.3. The second-order valence-corrected chi connectivity index (χ2v) is 6.70. The highest BCUT2D eigenvalue weighted by molar-refractivity contribution is 5.81. The minimum Gasteiger partial charge on any atom is -0.351 e. The Morgan fingerprint density at radius 1 is 1.17 bits per heavy atom. The van der Waals surface area contributed by atoms with Crippen LogP contribution in [0.2, 0.25) is 0 Å². The van der Waals surface area contributed by atoms with Gasteiger partial charge in [-0.3, -0.25) is 4.79 Å². The quantitative estimate of drug-likeness (QED) is 0.845. The first-order valence-corrected chi connectivity index (χ1v) is 8.38.